The molecule has 0 saturated carbocycles. The van der Waals surface area contributed by atoms with Crippen molar-refractivity contribution in [3.63, 3.8) is 0 Å². The molecule has 0 spiro atoms. The third-order valence-corrected chi connectivity index (χ3v) is 14.2. The predicted molar refractivity (Wildman–Crippen MR) is 319 cm³/mol. The first kappa shape index (κ1) is 60.3. The number of fused-ring (bicyclic) bond motifs is 20. The second kappa shape index (κ2) is 29.7. The monoisotopic (exact) mass is 1150 g/mol. The van der Waals surface area contributed by atoms with Gasteiger partial charge in [-0.3, -0.25) is 0 Å². The molecule has 17 heteroatoms. The largest absolute Gasteiger partial charge is 0.493 e. The van der Waals surface area contributed by atoms with Crippen molar-refractivity contribution in [3.05, 3.63) is 48.5 Å². The van der Waals surface area contributed by atoms with Crippen LogP contribution in [0.2, 0.25) is 0 Å². The quantitative estimate of drug-likeness (QED) is 0.0300. The maximum absolute atomic E-state index is 6.70. The molecule has 0 aliphatic carbocycles. The summed E-state index contributed by atoms with van der Waals surface area (Å²) in [4.78, 5) is 40.4. The molecule has 2 N–H and O–H groups in total. The van der Waals surface area contributed by atoms with Gasteiger partial charge in [-0.25, -0.2) is 29.9 Å². The van der Waals surface area contributed by atoms with Gasteiger partial charge in [-0.15, -0.1) is 0 Å². The minimum Gasteiger partial charge on any atom is -0.493 e. The molecule has 81 heavy (non-hydrogen) atoms. The summed E-state index contributed by atoms with van der Waals surface area (Å²) in [7, 11) is 0. The van der Waals surface area contributed by atoms with Gasteiger partial charge in [0.05, 0.1) is 96.7 Å². The summed E-state index contributed by atoms with van der Waals surface area (Å²) in [5.41, 5.74) is 4.45. The van der Waals surface area contributed by atoms with Crippen molar-refractivity contribution in [1.29, 1.82) is 0 Å². The number of nitrogens with zero attached hydrogens (tertiary/aromatic N) is 6. The predicted octanol–water partition coefficient (Wildman–Crippen LogP) is 16.3. The maximum atomic E-state index is 6.70. The van der Waals surface area contributed by atoms with Gasteiger partial charge in [-0.2, -0.15) is 0 Å². The molecule has 7 aromatic rings. The fraction of sp³-hybridized carbons (Fsp3) is 0.500. The van der Waals surface area contributed by atoms with Gasteiger partial charge in [-0.05, 0) is 99.9 Å². The van der Waals surface area contributed by atoms with Crippen LogP contribution in [0, 0.1) is 0 Å². The zero-order chi connectivity index (χ0) is 55.8. The van der Waals surface area contributed by atoms with Crippen LogP contribution in [0.5, 0.6) is 46.0 Å². The van der Waals surface area contributed by atoms with Gasteiger partial charge >= 0.3 is 0 Å². The van der Waals surface area contributed by atoms with Gasteiger partial charge in [0.15, 0.2) is 23.3 Å². The molecule has 0 fully saturated rings. The fourth-order valence-corrected chi connectivity index (χ4v) is 9.64. The number of benzene rings is 4. The number of H-pyrrole nitrogens is 2. The SMILES string of the molecule is CCCCOc1ccc(OCCCC)c2c1-c1nc-2nc2[nH]c(nc3nc(nc4[nH]c(n1)c1c(OCCCC)ccc(OCCCC)c41)-c1c(OCCCC)ccc(OCCCC)c1-3)c1c(OCCCC)ccc(OCCCC)c21.[Cu]. The van der Waals surface area contributed by atoms with Crippen molar-refractivity contribution in [3.8, 4) is 91.5 Å². The molecule has 2 aliphatic rings. The summed E-state index contributed by atoms with van der Waals surface area (Å²) >= 11 is 0. The maximum Gasteiger partial charge on any atom is 0.168 e. The third kappa shape index (κ3) is 13.6. The number of ether oxygens (including phenoxy) is 8. The zero-order valence-corrected chi connectivity index (χ0v) is 49.8. The van der Waals surface area contributed by atoms with Gasteiger partial charge in [0.1, 0.15) is 68.6 Å². The van der Waals surface area contributed by atoms with Gasteiger partial charge in [0.25, 0.3) is 0 Å². The van der Waals surface area contributed by atoms with Crippen LogP contribution in [0.25, 0.3) is 89.7 Å². The van der Waals surface area contributed by atoms with E-state index in [1.807, 2.05) is 48.5 Å². The average molecular weight is 1150 g/mol. The minimum absolute atomic E-state index is 0. The molecule has 9 rings (SSSR count). The summed E-state index contributed by atoms with van der Waals surface area (Å²) in [6.45, 7) is 21.2. The first-order valence-electron chi connectivity index (χ1n) is 29.9. The van der Waals surface area contributed by atoms with Crippen molar-refractivity contribution >= 4 is 44.1 Å². The summed E-state index contributed by atoms with van der Waals surface area (Å²) in [6.07, 6.45) is 14.5. The number of nitrogens with one attached hydrogen (secondary N) is 2. The van der Waals surface area contributed by atoms with Crippen molar-refractivity contribution in [2.75, 3.05) is 52.9 Å². The molecular formula is C64H82CuN8O8. The van der Waals surface area contributed by atoms with E-state index in [4.69, 9.17) is 67.8 Å². The van der Waals surface area contributed by atoms with Crippen LogP contribution in [0.1, 0.15) is 158 Å². The Hall–Kier alpha value is -6.84. The Bertz CT molecular complexity index is 2970. The van der Waals surface area contributed by atoms with Crippen LogP contribution in [0.15, 0.2) is 48.5 Å². The standard InChI is InChI=1S/C64H82N8O8.Cu/c1-9-17-33-73-41-25-26-42(74-34-18-10-2)50-49(41)57-65-58(50)70-60-53-45(77-37-21-13-5)29-30-46(78-38-22-14-6)54(53)62(67-60)72-64-56-48(80-40-24-16-8)32-31-47(79-39-23-15-7)55(56)63(68-64)71-61-52-44(76-36-20-12-4)28-27-43(75-35-19-11-3)51(52)59(66-61)69-57;/h25-32H,9-24,33-40H2,1-8H3,(H2,65,66,67,68,69,70,71,72);. The summed E-state index contributed by atoms with van der Waals surface area (Å²) < 4.78 is 53.6. The first-order valence-corrected chi connectivity index (χ1v) is 29.9. The molecular weight excluding hydrogens is 1070 g/mol. The summed E-state index contributed by atoms with van der Waals surface area (Å²) in [5, 5.41) is 2.74. The van der Waals surface area contributed by atoms with Crippen LogP contribution in [-0.4, -0.2) is 92.7 Å². The Morgan fingerprint density at radius 3 is 0.617 bits per heavy atom. The van der Waals surface area contributed by atoms with Crippen molar-refractivity contribution in [1.82, 2.24) is 39.9 Å². The molecule has 0 amide bonds. The number of unbranched alkanes of at least 4 members (excludes halogenated alkanes) is 8. The Morgan fingerprint density at radius 2 is 0.432 bits per heavy atom. The number of aromatic amines is 2. The molecule has 16 nitrogen and oxygen atoms in total. The van der Waals surface area contributed by atoms with Crippen LogP contribution < -0.4 is 37.9 Å². The third-order valence-electron chi connectivity index (χ3n) is 14.2. The number of hydrogen-bond donors (Lipinski definition) is 2. The van der Waals surface area contributed by atoms with E-state index in [9.17, 15) is 0 Å². The van der Waals surface area contributed by atoms with E-state index in [1.54, 1.807) is 0 Å². The van der Waals surface area contributed by atoms with Crippen molar-refractivity contribution in [2.45, 2.75) is 158 Å². The topological polar surface area (TPSA) is 183 Å². The van der Waals surface area contributed by atoms with Gasteiger partial charge in [0, 0.05) is 17.1 Å². The normalized spacial score (nSPS) is 11.6. The Labute approximate surface area is 487 Å². The van der Waals surface area contributed by atoms with E-state index in [2.05, 4.69) is 65.4 Å². The molecule has 0 unspecified atom stereocenters. The molecule has 0 atom stereocenters. The van der Waals surface area contributed by atoms with E-state index in [1.165, 1.54) is 0 Å². The molecule has 5 heterocycles. The van der Waals surface area contributed by atoms with Gasteiger partial charge < -0.3 is 47.9 Å². The van der Waals surface area contributed by atoms with Crippen LogP contribution in [0.3, 0.4) is 0 Å². The molecule has 8 bridgehead atoms. The average Bonchev–Trinajstić information content (AvgIpc) is 4.36. The number of hydrogen-bond acceptors (Lipinski definition) is 14. The van der Waals surface area contributed by atoms with Crippen LogP contribution >= 0.6 is 0 Å². The van der Waals surface area contributed by atoms with E-state index in [-0.39, 0.29) is 17.1 Å². The van der Waals surface area contributed by atoms with Crippen LogP contribution in [0.4, 0.5) is 0 Å². The van der Waals surface area contributed by atoms with E-state index in [0.29, 0.717) is 189 Å². The van der Waals surface area contributed by atoms with Gasteiger partial charge in [0.2, 0.25) is 0 Å². The van der Waals surface area contributed by atoms with E-state index in [0.717, 1.165) is 103 Å². The second-order valence-electron chi connectivity index (χ2n) is 20.5. The Morgan fingerprint density at radius 1 is 0.259 bits per heavy atom. The smallest absolute Gasteiger partial charge is 0.168 e. The van der Waals surface area contributed by atoms with E-state index >= 15 is 0 Å². The Balaban J connectivity index is 0.00000860. The number of rotatable bonds is 32. The molecule has 437 valence electrons. The Kier molecular flexibility index (Phi) is 22.1. The molecule has 4 aromatic carbocycles. The molecule has 3 aromatic heterocycles. The molecule has 0 saturated heterocycles. The fourth-order valence-electron chi connectivity index (χ4n) is 9.64. The number of aromatic nitrogens is 8. The minimum atomic E-state index is 0. The second-order valence-corrected chi connectivity index (χ2v) is 20.5. The summed E-state index contributed by atoms with van der Waals surface area (Å²) in [6, 6.07) is 15.7. The first-order chi connectivity index (χ1) is 39.4. The summed E-state index contributed by atoms with van der Waals surface area (Å²) in [5.74, 6) is 6.41. The van der Waals surface area contributed by atoms with Crippen molar-refractivity contribution < 1.29 is 55.0 Å². The molecule has 1 radical (unpaired) electrons. The molecule has 2 aliphatic heterocycles. The van der Waals surface area contributed by atoms with Crippen LogP contribution in [-0.2, 0) is 17.1 Å². The van der Waals surface area contributed by atoms with Gasteiger partial charge in [-0.1, -0.05) is 107 Å². The van der Waals surface area contributed by atoms with E-state index < -0.39 is 0 Å². The zero-order valence-electron chi connectivity index (χ0n) is 48.8. The van der Waals surface area contributed by atoms with Crippen molar-refractivity contribution in [2.24, 2.45) is 0 Å².